The molecule has 31 heavy (non-hydrogen) atoms. The quantitative estimate of drug-likeness (QED) is 0.442. The lowest BCUT2D eigenvalue weighted by Crippen LogP contribution is -2.18. The lowest BCUT2D eigenvalue weighted by atomic mass is 10.00. The number of H-pyrrole nitrogens is 1. The van der Waals surface area contributed by atoms with Crippen LogP contribution in [0.4, 0.5) is 4.39 Å². The van der Waals surface area contributed by atoms with Crippen LogP contribution in [0.15, 0.2) is 29.4 Å². The van der Waals surface area contributed by atoms with Crippen molar-refractivity contribution in [2.75, 3.05) is 21.0 Å². The zero-order valence-corrected chi connectivity index (χ0v) is 17.4. The number of nitrogens with one attached hydrogen (secondary N) is 2. The molecule has 0 saturated heterocycles. The van der Waals surface area contributed by atoms with Crippen LogP contribution in [0, 0.1) is 5.82 Å². The number of carbonyl (C=O) groups is 1. The summed E-state index contributed by atoms with van der Waals surface area (Å²) in [6.45, 7) is 2.10. The number of ether oxygens (including phenoxy) is 4. The molecule has 0 spiro atoms. The third-order valence-electron chi connectivity index (χ3n) is 4.96. The van der Waals surface area contributed by atoms with Gasteiger partial charge in [0.1, 0.15) is 11.5 Å². The van der Waals surface area contributed by atoms with Crippen molar-refractivity contribution in [3.05, 3.63) is 46.9 Å². The van der Waals surface area contributed by atoms with E-state index in [-0.39, 0.29) is 18.3 Å². The van der Waals surface area contributed by atoms with E-state index in [0.29, 0.717) is 45.9 Å². The molecule has 0 aliphatic carbocycles. The number of hydrogen-bond donors (Lipinski definition) is 2. The number of rotatable bonds is 7. The first-order valence-corrected chi connectivity index (χ1v) is 9.75. The molecule has 2 aromatic carbocycles. The van der Waals surface area contributed by atoms with E-state index < -0.39 is 5.91 Å². The van der Waals surface area contributed by atoms with Gasteiger partial charge in [0.25, 0.3) is 5.91 Å². The highest BCUT2D eigenvalue weighted by atomic mass is 19.1. The SMILES string of the molecule is CCCc1c(C=NNC(=O)c2cc3cc(F)ccc3[nH]2)c(OC)c2c(c1OC)OCO2. The van der Waals surface area contributed by atoms with Gasteiger partial charge in [0.05, 0.1) is 20.4 Å². The molecular weight excluding hydrogens is 405 g/mol. The van der Waals surface area contributed by atoms with Crippen LogP contribution in [-0.4, -0.2) is 38.1 Å². The second kappa shape index (κ2) is 8.55. The van der Waals surface area contributed by atoms with E-state index in [1.165, 1.54) is 25.5 Å². The predicted molar refractivity (Wildman–Crippen MR) is 113 cm³/mol. The Morgan fingerprint density at radius 2 is 1.97 bits per heavy atom. The second-order valence-corrected chi connectivity index (χ2v) is 6.89. The summed E-state index contributed by atoms with van der Waals surface area (Å²) in [5.74, 6) is 1.11. The van der Waals surface area contributed by atoms with Crippen LogP contribution >= 0.6 is 0 Å². The number of aromatic amines is 1. The first-order chi connectivity index (χ1) is 15.1. The maximum absolute atomic E-state index is 13.4. The van der Waals surface area contributed by atoms with Crippen LogP contribution in [-0.2, 0) is 6.42 Å². The highest BCUT2D eigenvalue weighted by molar-refractivity contribution is 5.99. The predicted octanol–water partition coefficient (Wildman–Crippen LogP) is 3.77. The Balaban J connectivity index is 1.65. The van der Waals surface area contributed by atoms with Crippen molar-refractivity contribution in [3.8, 4) is 23.0 Å². The molecule has 1 aliphatic rings. The Labute approximate surface area is 177 Å². The minimum atomic E-state index is -0.462. The number of nitrogens with zero attached hydrogens (tertiary/aromatic N) is 1. The van der Waals surface area contributed by atoms with E-state index in [1.54, 1.807) is 19.2 Å². The van der Waals surface area contributed by atoms with Crippen LogP contribution in [0.5, 0.6) is 23.0 Å². The molecule has 0 unspecified atom stereocenters. The van der Waals surface area contributed by atoms with Crippen molar-refractivity contribution in [3.63, 3.8) is 0 Å². The highest BCUT2D eigenvalue weighted by Gasteiger charge is 2.30. The van der Waals surface area contributed by atoms with E-state index in [1.807, 2.05) is 6.92 Å². The number of benzene rings is 2. The Bertz CT molecular complexity index is 1170. The lowest BCUT2D eigenvalue weighted by molar-refractivity contribution is 0.0951. The molecule has 1 aromatic heterocycles. The summed E-state index contributed by atoms with van der Waals surface area (Å²) in [5.41, 5.74) is 4.87. The molecule has 162 valence electrons. The Morgan fingerprint density at radius 1 is 1.23 bits per heavy atom. The number of methoxy groups -OCH3 is 2. The van der Waals surface area contributed by atoms with Crippen molar-refractivity contribution in [2.45, 2.75) is 19.8 Å². The van der Waals surface area contributed by atoms with Gasteiger partial charge in [-0.2, -0.15) is 5.10 Å². The lowest BCUT2D eigenvalue weighted by Gasteiger charge is -2.17. The van der Waals surface area contributed by atoms with Gasteiger partial charge in [0, 0.05) is 22.0 Å². The maximum Gasteiger partial charge on any atom is 0.287 e. The van der Waals surface area contributed by atoms with Crippen LogP contribution in [0.3, 0.4) is 0 Å². The van der Waals surface area contributed by atoms with Gasteiger partial charge in [0.15, 0.2) is 11.5 Å². The molecule has 2 heterocycles. The van der Waals surface area contributed by atoms with Gasteiger partial charge >= 0.3 is 0 Å². The summed E-state index contributed by atoms with van der Waals surface area (Å²) < 4.78 is 35.7. The van der Waals surface area contributed by atoms with Crippen molar-refractivity contribution < 1.29 is 28.1 Å². The largest absolute Gasteiger partial charge is 0.492 e. The molecule has 3 aromatic rings. The van der Waals surface area contributed by atoms with E-state index in [4.69, 9.17) is 18.9 Å². The van der Waals surface area contributed by atoms with Gasteiger partial charge in [-0.25, -0.2) is 9.82 Å². The summed E-state index contributed by atoms with van der Waals surface area (Å²) in [5, 5.41) is 4.71. The number of hydrogen-bond acceptors (Lipinski definition) is 6. The maximum atomic E-state index is 13.4. The van der Waals surface area contributed by atoms with Crippen LogP contribution < -0.4 is 24.4 Å². The average Bonchev–Trinajstić information content (AvgIpc) is 3.40. The first kappa shape index (κ1) is 20.5. The standard InChI is InChI=1S/C22H22FN3O5/c1-4-5-14-15(19(29-3)21-20(18(14)28-2)30-11-31-21)10-24-26-22(27)17-9-12-8-13(23)6-7-16(12)25-17/h6-10,25H,4-5,11H2,1-3H3,(H,26,27). The fourth-order valence-corrected chi connectivity index (χ4v) is 3.63. The number of halogens is 1. The van der Waals surface area contributed by atoms with E-state index in [0.717, 1.165) is 12.0 Å². The molecule has 8 nitrogen and oxygen atoms in total. The molecule has 9 heteroatoms. The number of amides is 1. The second-order valence-electron chi connectivity index (χ2n) is 6.89. The van der Waals surface area contributed by atoms with Crippen molar-refractivity contribution in [2.24, 2.45) is 5.10 Å². The summed E-state index contributed by atoms with van der Waals surface area (Å²) >= 11 is 0. The van der Waals surface area contributed by atoms with Gasteiger partial charge in [-0.3, -0.25) is 4.79 Å². The smallest absolute Gasteiger partial charge is 0.287 e. The van der Waals surface area contributed by atoms with Crippen molar-refractivity contribution in [1.82, 2.24) is 10.4 Å². The number of fused-ring (bicyclic) bond motifs is 2. The number of carbonyl (C=O) groups excluding carboxylic acids is 1. The zero-order chi connectivity index (χ0) is 22.0. The zero-order valence-electron chi connectivity index (χ0n) is 17.4. The summed E-state index contributed by atoms with van der Waals surface area (Å²) in [6, 6.07) is 5.82. The third-order valence-corrected chi connectivity index (χ3v) is 4.96. The molecular formula is C22H22FN3O5. The van der Waals surface area contributed by atoms with Crippen LogP contribution in [0.25, 0.3) is 10.9 Å². The summed E-state index contributed by atoms with van der Waals surface area (Å²) in [4.78, 5) is 15.5. The van der Waals surface area contributed by atoms with Gasteiger partial charge < -0.3 is 23.9 Å². The van der Waals surface area contributed by atoms with E-state index in [9.17, 15) is 9.18 Å². The average molecular weight is 427 g/mol. The summed E-state index contributed by atoms with van der Waals surface area (Å²) in [7, 11) is 3.09. The van der Waals surface area contributed by atoms with Gasteiger partial charge in [-0.05, 0) is 30.7 Å². The topological polar surface area (TPSA) is 94.2 Å². The molecule has 2 N–H and O–H groups in total. The Hall–Kier alpha value is -3.75. The van der Waals surface area contributed by atoms with Gasteiger partial charge in [-0.15, -0.1) is 0 Å². The van der Waals surface area contributed by atoms with E-state index in [2.05, 4.69) is 15.5 Å². The minimum Gasteiger partial charge on any atom is -0.492 e. The molecule has 0 saturated carbocycles. The molecule has 0 radical (unpaired) electrons. The van der Waals surface area contributed by atoms with Gasteiger partial charge in [-0.1, -0.05) is 13.3 Å². The molecule has 1 aliphatic heterocycles. The van der Waals surface area contributed by atoms with Crippen LogP contribution in [0.2, 0.25) is 0 Å². The number of hydrazone groups is 1. The highest BCUT2D eigenvalue weighted by Crippen LogP contribution is 2.51. The Morgan fingerprint density at radius 3 is 2.68 bits per heavy atom. The fourth-order valence-electron chi connectivity index (χ4n) is 3.63. The minimum absolute atomic E-state index is 0.0614. The fraction of sp³-hybridized carbons (Fsp3) is 0.273. The molecule has 0 atom stereocenters. The normalized spacial score (nSPS) is 12.5. The molecule has 1 amide bonds. The van der Waals surface area contributed by atoms with E-state index >= 15 is 0 Å². The van der Waals surface area contributed by atoms with Gasteiger partial charge in [0.2, 0.25) is 18.3 Å². The summed E-state index contributed by atoms with van der Waals surface area (Å²) in [6.07, 6.45) is 3.02. The molecule has 4 rings (SSSR count). The monoisotopic (exact) mass is 427 g/mol. The van der Waals surface area contributed by atoms with Crippen molar-refractivity contribution >= 4 is 23.0 Å². The molecule has 0 fully saturated rings. The molecule has 0 bridgehead atoms. The Kier molecular flexibility index (Phi) is 5.66. The first-order valence-electron chi connectivity index (χ1n) is 9.75. The van der Waals surface area contributed by atoms with Crippen LogP contribution in [0.1, 0.15) is 35.0 Å². The van der Waals surface area contributed by atoms with Crippen molar-refractivity contribution in [1.29, 1.82) is 0 Å². The number of aromatic nitrogens is 1. The third kappa shape index (κ3) is 3.74.